The van der Waals surface area contributed by atoms with E-state index in [0.717, 1.165) is 32.1 Å². The lowest BCUT2D eigenvalue weighted by Gasteiger charge is -2.28. The highest BCUT2D eigenvalue weighted by molar-refractivity contribution is 5.89. The topological polar surface area (TPSA) is 46.2 Å². The van der Waals surface area contributed by atoms with Gasteiger partial charge in [0.05, 0.1) is 0 Å². The number of carbonyl (C=O) groups is 2. The normalized spacial score (nSPS) is 30.2. The van der Waals surface area contributed by atoms with Crippen LogP contribution in [0.15, 0.2) is 24.3 Å². The summed E-state index contributed by atoms with van der Waals surface area (Å²) in [6, 6.07) is 8.86. The third-order valence-corrected chi connectivity index (χ3v) is 6.23. The Morgan fingerprint density at radius 2 is 1.88 bits per heavy atom. The van der Waals surface area contributed by atoms with Crippen molar-refractivity contribution in [3.8, 4) is 0 Å². The van der Waals surface area contributed by atoms with E-state index in [9.17, 15) is 9.59 Å². The van der Waals surface area contributed by atoms with E-state index in [2.05, 4.69) is 36.5 Å². The molecule has 0 radical (unpaired) electrons. The molecular formula is C21H27NO2. The standard InChI is InChI=1S/C21H27NO2/c1-13-3-2-4-14(9-13)10-19(15-5-6-15)22-21(24)18-11-16-7-8-17(12-18)20(16)23/h2-4,9,15-19H,5-8,10-12H2,1H3,(H,22,24). The minimum absolute atomic E-state index is 0.0546. The first kappa shape index (κ1) is 15.9. The maximum absolute atomic E-state index is 12.8. The Labute approximate surface area is 144 Å². The van der Waals surface area contributed by atoms with Crippen molar-refractivity contribution < 1.29 is 9.59 Å². The highest BCUT2D eigenvalue weighted by atomic mass is 16.2. The molecule has 1 amide bonds. The number of ketones is 1. The predicted molar refractivity (Wildman–Crippen MR) is 93.5 cm³/mol. The number of hydrogen-bond donors (Lipinski definition) is 1. The van der Waals surface area contributed by atoms with Crippen LogP contribution in [-0.4, -0.2) is 17.7 Å². The molecule has 0 aromatic heterocycles. The maximum atomic E-state index is 12.8. The zero-order valence-corrected chi connectivity index (χ0v) is 14.5. The molecule has 4 rings (SSSR count). The van der Waals surface area contributed by atoms with Gasteiger partial charge >= 0.3 is 0 Å². The van der Waals surface area contributed by atoms with Crippen molar-refractivity contribution in [2.75, 3.05) is 0 Å². The van der Waals surface area contributed by atoms with Crippen LogP contribution in [0.5, 0.6) is 0 Å². The molecule has 0 heterocycles. The summed E-state index contributed by atoms with van der Waals surface area (Å²) in [7, 11) is 0. The van der Waals surface area contributed by atoms with Gasteiger partial charge in [0.25, 0.3) is 0 Å². The van der Waals surface area contributed by atoms with Crippen LogP contribution >= 0.6 is 0 Å². The molecule has 3 aliphatic carbocycles. The minimum Gasteiger partial charge on any atom is -0.353 e. The Bertz CT molecular complexity index is 633. The number of rotatable bonds is 5. The summed E-state index contributed by atoms with van der Waals surface area (Å²) in [6.07, 6.45) is 6.95. The van der Waals surface area contributed by atoms with E-state index < -0.39 is 0 Å². The molecule has 3 nitrogen and oxygen atoms in total. The Morgan fingerprint density at radius 1 is 1.17 bits per heavy atom. The highest BCUT2D eigenvalue weighted by Crippen LogP contribution is 2.42. The van der Waals surface area contributed by atoms with E-state index in [1.54, 1.807) is 0 Å². The van der Waals surface area contributed by atoms with Crippen molar-refractivity contribution in [2.45, 2.75) is 57.9 Å². The van der Waals surface area contributed by atoms with Gasteiger partial charge in [0, 0.05) is 23.8 Å². The first-order chi connectivity index (χ1) is 11.6. The molecule has 1 aromatic rings. The Kier molecular flexibility index (Phi) is 4.19. The summed E-state index contributed by atoms with van der Waals surface area (Å²) in [4.78, 5) is 24.8. The average Bonchev–Trinajstić information content (AvgIpc) is 3.37. The lowest BCUT2D eigenvalue weighted by atomic mass is 9.79. The summed E-state index contributed by atoms with van der Waals surface area (Å²) in [5.41, 5.74) is 2.59. The quantitative estimate of drug-likeness (QED) is 0.901. The Morgan fingerprint density at radius 3 is 2.50 bits per heavy atom. The molecule has 0 saturated heterocycles. The maximum Gasteiger partial charge on any atom is 0.223 e. The molecule has 3 aliphatic rings. The van der Waals surface area contributed by atoms with E-state index in [1.807, 2.05) is 0 Å². The van der Waals surface area contributed by atoms with Crippen LogP contribution in [0.25, 0.3) is 0 Å². The number of fused-ring (bicyclic) bond motifs is 2. The number of Topliss-reactive ketones (excluding diaryl/α,β-unsaturated/α-hetero) is 1. The van der Waals surface area contributed by atoms with Gasteiger partial charge in [0.1, 0.15) is 5.78 Å². The first-order valence-corrected chi connectivity index (χ1v) is 9.50. The molecule has 2 bridgehead atoms. The summed E-state index contributed by atoms with van der Waals surface area (Å²) >= 11 is 0. The smallest absolute Gasteiger partial charge is 0.223 e. The van der Waals surface area contributed by atoms with Gasteiger partial charge in [0.2, 0.25) is 5.91 Å². The number of benzene rings is 1. The first-order valence-electron chi connectivity index (χ1n) is 9.50. The molecule has 1 N–H and O–H groups in total. The molecule has 3 saturated carbocycles. The molecule has 3 atom stereocenters. The van der Waals surface area contributed by atoms with Gasteiger partial charge in [-0.1, -0.05) is 29.8 Å². The van der Waals surface area contributed by atoms with Crippen LogP contribution < -0.4 is 5.32 Å². The van der Waals surface area contributed by atoms with Gasteiger partial charge in [-0.25, -0.2) is 0 Å². The van der Waals surface area contributed by atoms with Crippen LogP contribution in [0.4, 0.5) is 0 Å². The molecule has 3 unspecified atom stereocenters. The fourth-order valence-corrected chi connectivity index (χ4v) is 4.71. The van der Waals surface area contributed by atoms with Gasteiger partial charge in [0.15, 0.2) is 0 Å². The number of aryl methyl sites for hydroxylation is 1. The van der Waals surface area contributed by atoms with Crippen LogP contribution in [0, 0.1) is 30.6 Å². The molecule has 3 heteroatoms. The van der Waals surface area contributed by atoms with E-state index in [4.69, 9.17) is 0 Å². The molecular weight excluding hydrogens is 298 g/mol. The predicted octanol–water partition coefficient (Wildman–Crippen LogP) is 3.44. The highest BCUT2D eigenvalue weighted by Gasteiger charge is 2.44. The summed E-state index contributed by atoms with van der Waals surface area (Å²) in [6.45, 7) is 2.11. The molecule has 24 heavy (non-hydrogen) atoms. The minimum atomic E-state index is 0.0546. The van der Waals surface area contributed by atoms with Gasteiger partial charge in [-0.05, 0) is 63.4 Å². The summed E-state index contributed by atoms with van der Waals surface area (Å²) in [5, 5.41) is 3.35. The molecule has 0 aliphatic heterocycles. The van der Waals surface area contributed by atoms with Gasteiger partial charge in [-0.3, -0.25) is 9.59 Å². The van der Waals surface area contributed by atoms with Crippen molar-refractivity contribution in [1.29, 1.82) is 0 Å². The van der Waals surface area contributed by atoms with Gasteiger partial charge in [-0.15, -0.1) is 0 Å². The second kappa shape index (κ2) is 6.34. The fraction of sp³-hybridized carbons (Fsp3) is 0.619. The SMILES string of the molecule is Cc1cccc(CC(NC(=O)C2CC3CCC(C2)C3=O)C2CC2)c1. The third kappa shape index (κ3) is 3.26. The van der Waals surface area contributed by atoms with Crippen LogP contribution in [0.1, 0.15) is 49.7 Å². The van der Waals surface area contributed by atoms with E-state index in [1.165, 1.54) is 24.0 Å². The molecule has 128 valence electrons. The van der Waals surface area contributed by atoms with Gasteiger partial charge in [-0.2, -0.15) is 0 Å². The lowest BCUT2D eigenvalue weighted by Crippen LogP contribution is -2.44. The fourth-order valence-electron chi connectivity index (χ4n) is 4.71. The summed E-state index contributed by atoms with van der Waals surface area (Å²) < 4.78 is 0. The Hall–Kier alpha value is -1.64. The summed E-state index contributed by atoms with van der Waals surface area (Å²) in [5.74, 6) is 1.64. The van der Waals surface area contributed by atoms with E-state index in [-0.39, 0.29) is 29.7 Å². The van der Waals surface area contributed by atoms with Crippen LogP contribution in [0.2, 0.25) is 0 Å². The largest absolute Gasteiger partial charge is 0.353 e. The monoisotopic (exact) mass is 325 g/mol. The van der Waals surface area contributed by atoms with Crippen LogP contribution in [-0.2, 0) is 16.0 Å². The zero-order valence-electron chi connectivity index (χ0n) is 14.5. The van der Waals surface area contributed by atoms with Crippen molar-refractivity contribution in [3.63, 3.8) is 0 Å². The second-order valence-corrected chi connectivity index (χ2v) is 8.19. The molecule has 0 spiro atoms. The van der Waals surface area contributed by atoms with Crippen molar-refractivity contribution in [3.05, 3.63) is 35.4 Å². The lowest BCUT2D eigenvalue weighted by molar-refractivity contribution is -0.132. The average molecular weight is 325 g/mol. The second-order valence-electron chi connectivity index (χ2n) is 8.19. The van der Waals surface area contributed by atoms with E-state index in [0.29, 0.717) is 11.7 Å². The number of hydrogen-bond acceptors (Lipinski definition) is 2. The zero-order chi connectivity index (χ0) is 16.7. The number of amides is 1. The Balaban J connectivity index is 1.40. The van der Waals surface area contributed by atoms with E-state index >= 15 is 0 Å². The van der Waals surface area contributed by atoms with Crippen molar-refractivity contribution in [1.82, 2.24) is 5.32 Å². The molecule has 1 aromatic carbocycles. The van der Waals surface area contributed by atoms with Crippen molar-refractivity contribution in [2.24, 2.45) is 23.7 Å². The third-order valence-electron chi connectivity index (χ3n) is 6.23. The van der Waals surface area contributed by atoms with Crippen molar-refractivity contribution >= 4 is 11.7 Å². The molecule has 3 fully saturated rings. The number of carbonyl (C=O) groups excluding carboxylic acids is 2. The van der Waals surface area contributed by atoms with Gasteiger partial charge < -0.3 is 5.32 Å². The van der Waals surface area contributed by atoms with Crippen LogP contribution in [0.3, 0.4) is 0 Å². The number of nitrogens with one attached hydrogen (secondary N) is 1.